The minimum absolute atomic E-state index is 0.396. The van der Waals surface area contributed by atoms with Gasteiger partial charge in [0, 0.05) is 28.7 Å². The number of hydrogen-bond acceptors (Lipinski definition) is 2. The molecule has 0 fully saturated rings. The Balaban J connectivity index is 2.22. The van der Waals surface area contributed by atoms with Crippen LogP contribution in [0.3, 0.4) is 0 Å². The highest BCUT2D eigenvalue weighted by atomic mass is 16.5. The highest BCUT2D eigenvalue weighted by Gasteiger charge is 2.24. The Morgan fingerprint density at radius 3 is 2.88 bits per heavy atom. The number of methoxy groups -OCH3 is 1. The summed E-state index contributed by atoms with van der Waals surface area (Å²) in [5.74, 6) is 0.929. The van der Waals surface area contributed by atoms with Crippen LogP contribution in [0.25, 0.3) is 10.9 Å². The molecule has 1 aliphatic rings. The quantitative estimate of drug-likeness (QED) is 0.790. The molecule has 2 atom stereocenters. The van der Waals surface area contributed by atoms with Crippen molar-refractivity contribution >= 4 is 10.9 Å². The van der Waals surface area contributed by atoms with Gasteiger partial charge in [-0.1, -0.05) is 0 Å². The van der Waals surface area contributed by atoms with Crippen molar-refractivity contribution in [2.45, 2.75) is 32.4 Å². The fourth-order valence-electron chi connectivity index (χ4n) is 2.84. The Morgan fingerprint density at radius 1 is 1.29 bits per heavy atom. The number of benzene rings is 1. The van der Waals surface area contributed by atoms with Crippen molar-refractivity contribution in [3.63, 3.8) is 0 Å². The topological polar surface area (TPSA) is 37.0 Å². The first kappa shape index (κ1) is 10.7. The number of hydrogen-bond donors (Lipinski definition) is 2. The van der Waals surface area contributed by atoms with Crippen LogP contribution in [0.1, 0.15) is 31.1 Å². The Labute approximate surface area is 101 Å². The molecular formula is C14H18N2O. The fraction of sp³-hybridized carbons (Fsp3) is 0.429. The molecule has 0 saturated carbocycles. The first-order chi connectivity index (χ1) is 8.19. The van der Waals surface area contributed by atoms with Crippen LogP contribution in [0.4, 0.5) is 0 Å². The van der Waals surface area contributed by atoms with Crippen LogP contribution < -0.4 is 10.1 Å². The van der Waals surface area contributed by atoms with Gasteiger partial charge in [0.15, 0.2) is 0 Å². The zero-order valence-corrected chi connectivity index (χ0v) is 10.5. The molecule has 2 heterocycles. The lowest BCUT2D eigenvalue weighted by Crippen LogP contribution is -2.35. The average molecular weight is 230 g/mol. The highest BCUT2D eigenvalue weighted by molar-refractivity contribution is 5.86. The molecule has 0 bridgehead atoms. The minimum Gasteiger partial charge on any atom is -0.497 e. The van der Waals surface area contributed by atoms with Crippen molar-refractivity contribution in [2.75, 3.05) is 7.11 Å². The van der Waals surface area contributed by atoms with Crippen LogP contribution in [-0.4, -0.2) is 18.1 Å². The summed E-state index contributed by atoms with van der Waals surface area (Å²) in [6, 6.07) is 7.17. The van der Waals surface area contributed by atoms with Gasteiger partial charge in [-0.2, -0.15) is 0 Å². The van der Waals surface area contributed by atoms with Crippen molar-refractivity contribution in [2.24, 2.45) is 0 Å². The molecule has 2 N–H and O–H groups in total. The first-order valence-corrected chi connectivity index (χ1v) is 6.13. The molecule has 0 spiro atoms. The molecule has 3 heteroatoms. The smallest absolute Gasteiger partial charge is 0.119 e. The third-order valence-electron chi connectivity index (χ3n) is 3.62. The molecule has 2 aromatic rings. The van der Waals surface area contributed by atoms with Gasteiger partial charge >= 0.3 is 0 Å². The zero-order chi connectivity index (χ0) is 12.0. The van der Waals surface area contributed by atoms with Crippen LogP contribution in [0.5, 0.6) is 5.75 Å². The van der Waals surface area contributed by atoms with Crippen LogP contribution in [-0.2, 0) is 6.42 Å². The zero-order valence-electron chi connectivity index (χ0n) is 10.5. The van der Waals surface area contributed by atoms with Crippen LogP contribution in [0.2, 0.25) is 0 Å². The maximum atomic E-state index is 5.31. The molecular weight excluding hydrogens is 212 g/mol. The highest BCUT2D eigenvalue weighted by Crippen LogP contribution is 2.33. The number of rotatable bonds is 1. The number of aromatic nitrogens is 1. The first-order valence-electron chi connectivity index (χ1n) is 6.13. The monoisotopic (exact) mass is 230 g/mol. The van der Waals surface area contributed by atoms with Gasteiger partial charge in [0.2, 0.25) is 0 Å². The number of nitrogens with one attached hydrogen (secondary N) is 2. The second kappa shape index (κ2) is 3.77. The number of ether oxygens (including phenoxy) is 1. The summed E-state index contributed by atoms with van der Waals surface area (Å²) >= 11 is 0. The van der Waals surface area contributed by atoms with E-state index in [9.17, 15) is 0 Å². The molecule has 90 valence electrons. The molecule has 0 radical (unpaired) electrons. The van der Waals surface area contributed by atoms with Crippen LogP contribution in [0, 0.1) is 0 Å². The SMILES string of the molecule is COc1ccc2[nH]c3c(c2c1)C[C@H](C)N[C@@H]3C. The van der Waals surface area contributed by atoms with E-state index in [0.29, 0.717) is 12.1 Å². The fourth-order valence-corrected chi connectivity index (χ4v) is 2.84. The minimum atomic E-state index is 0.396. The van der Waals surface area contributed by atoms with E-state index >= 15 is 0 Å². The predicted molar refractivity (Wildman–Crippen MR) is 69.6 cm³/mol. The second-order valence-corrected chi connectivity index (χ2v) is 4.92. The van der Waals surface area contributed by atoms with Gasteiger partial charge in [0.1, 0.15) is 5.75 Å². The maximum absolute atomic E-state index is 5.31. The third-order valence-corrected chi connectivity index (χ3v) is 3.62. The second-order valence-electron chi connectivity index (χ2n) is 4.92. The maximum Gasteiger partial charge on any atom is 0.119 e. The summed E-state index contributed by atoms with van der Waals surface area (Å²) in [7, 11) is 1.72. The summed E-state index contributed by atoms with van der Waals surface area (Å²) in [6.45, 7) is 4.44. The normalized spacial score (nSPS) is 23.7. The molecule has 0 aliphatic carbocycles. The molecule has 3 nitrogen and oxygen atoms in total. The van der Waals surface area contributed by atoms with Crippen molar-refractivity contribution in [3.05, 3.63) is 29.5 Å². The van der Waals surface area contributed by atoms with Crippen molar-refractivity contribution in [1.29, 1.82) is 0 Å². The van der Waals surface area contributed by atoms with Crippen molar-refractivity contribution in [1.82, 2.24) is 10.3 Å². The van der Waals surface area contributed by atoms with Gasteiger partial charge in [-0.25, -0.2) is 0 Å². The van der Waals surface area contributed by atoms with E-state index in [4.69, 9.17) is 4.74 Å². The number of fused-ring (bicyclic) bond motifs is 3. The van der Waals surface area contributed by atoms with E-state index in [2.05, 4.69) is 36.3 Å². The van der Waals surface area contributed by atoms with Gasteiger partial charge in [0.05, 0.1) is 7.11 Å². The Kier molecular flexibility index (Phi) is 2.37. The molecule has 17 heavy (non-hydrogen) atoms. The Hall–Kier alpha value is -1.48. The number of aromatic amines is 1. The molecule has 0 saturated heterocycles. The summed E-state index contributed by atoms with van der Waals surface area (Å²) in [5.41, 5.74) is 3.97. The van der Waals surface area contributed by atoms with E-state index < -0.39 is 0 Å². The van der Waals surface area contributed by atoms with E-state index in [0.717, 1.165) is 12.2 Å². The van der Waals surface area contributed by atoms with Gasteiger partial charge in [-0.05, 0) is 44.0 Å². The lowest BCUT2D eigenvalue weighted by atomic mass is 9.95. The largest absolute Gasteiger partial charge is 0.497 e. The number of H-pyrrole nitrogens is 1. The molecule has 0 unspecified atom stereocenters. The molecule has 3 rings (SSSR count). The van der Waals surface area contributed by atoms with Crippen molar-refractivity contribution < 1.29 is 4.74 Å². The lowest BCUT2D eigenvalue weighted by molar-refractivity contribution is 0.415. The van der Waals surface area contributed by atoms with E-state index in [1.165, 1.54) is 22.2 Å². The van der Waals surface area contributed by atoms with Gasteiger partial charge in [-0.3, -0.25) is 0 Å². The molecule has 1 aromatic heterocycles. The Morgan fingerprint density at radius 2 is 2.12 bits per heavy atom. The molecule has 1 aromatic carbocycles. The Bertz CT molecular complexity index is 559. The lowest BCUT2D eigenvalue weighted by Gasteiger charge is -2.26. The predicted octanol–water partition coefficient (Wildman–Crippen LogP) is 2.77. The summed E-state index contributed by atoms with van der Waals surface area (Å²) in [6.07, 6.45) is 1.08. The average Bonchev–Trinajstić information content (AvgIpc) is 2.67. The summed E-state index contributed by atoms with van der Waals surface area (Å²) in [5, 5.41) is 4.87. The van der Waals surface area contributed by atoms with Crippen LogP contribution >= 0.6 is 0 Å². The van der Waals surface area contributed by atoms with Gasteiger partial charge in [0.25, 0.3) is 0 Å². The molecule has 0 amide bonds. The molecule has 1 aliphatic heterocycles. The van der Waals surface area contributed by atoms with Crippen molar-refractivity contribution in [3.8, 4) is 5.75 Å². The van der Waals surface area contributed by atoms with Gasteiger partial charge < -0.3 is 15.0 Å². The van der Waals surface area contributed by atoms with E-state index in [1.54, 1.807) is 7.11 Å². The summed E-state index contributed by atoms with van der Waals surface area (Å²) in [4.78, 5) is 3.52. The van der Waals surface area contributed by atoms with E-state index in [-0.39, 0.29) is 0 Å². The third kappa shape index (κ3) is 1.62. The van der Waals surface area contributed by atoms with Gasteiger partial charge in [-0.15, -0.1) is 0 Å². The van der Waals surface area contributed by atoms with E-state index in [1.807, 2.05) is 6.07 Å². The van der Waals surface area contributed by atoms with Crippen LogP contribution in [0.15, 0.2) is 18.2 Å². The standard InChI is InChI=1S/C14H18N2O/c1-8-6-12-11-7-10(17-3)4-5-13(11)16-14(12)9(2)15-8/h4-5,7-9,15-16H,6H2,1-3H3/t8-,9+/m0/s1. The summed E-state index contributed by atoms with van der Waals surface area (Å²) < 4.78 is 5.31.